The van der Waals surface area contributed by atoms with Crippen molar-refractivity contribution in [3.63, 3.8) is 0 Å². The van der Waals surface area contributed by atoms with E-state index in [4.69, 9.17) is 5.90 Å². The van der Waals surface area contributed by atoms with Gasteiger partial charge < -0.3 is 4.84 Å². The van der Waals surface area contributed by atoms with Crippen molar-refractivity contribution < 1.29 is 9.23 Å². The van der Waals surface area contributed by atoms with E-state index in [0.29, 0.717) is 6.61 Å². The molecule has 0 amide bonds. The Kier molecular flexibility index (Phi) is 2.06. The SMILES string of the molecule is NOCC1(c2ccc(F)cc2)CC1. The molecule has 2 N–H and O–H groups in total. The Labute approximate surface area is 76.5 Å². The predicted octanol–water partition coefficient (Wildman–Crippen LogP) is 1.75. The van der Waals surface area contributed by atoms with Gasteiger partial charge in [0.05, 0.1) is 6.61 Å². The third-order valence-corrected chi connectivity index (χ3v) is 2.67. The van der Waals surface area contributed by atoms with Crippen molar-refractivity contribution in [3.8, 4) is 0 Å². The van der Waals surface area contributed by atoms with Gasteiger partial charge in [0.15, 0.2) is 0 Å². The molecule has 0 unspecified atom stereocenters. The number of hydrogen-bond acceptors (Lipinski definition) is 2. The topological polar surface area (TPSA) is 35.2 Å². The lowest BCUT2D eigenvalue weighted by Crippen LogP contribution is -2.17. The summed E-state index contributed by atoms with van der Waals surface area (Å²) in [6.07, 6.45) is 2.16. The van der Waals surface area contributed by atoms with Gasteiger partial charge in [-0.1, -0.05) is 12.1 Å². The van der Waals surface area contributed by atoms with Gasteiger partial charge in [-0.15, -0.1) is 0 Å². The highest BCUT2D eigenvalue weighted by Gasteiger charge is 2.44. The quantitative estimate of drug-likeness (QED) is 0.721. The third kappa shape index (κ3) is 1.57. The minimum absolute atomic E-state index is 0.0719. The molecule has 2 nitrogen and oxygen atoms in total. The van der Waals surface area contributed by atoms with Crippen molar-refractivity contribution in [2.75, 3.05) is 6.61 Å². The minimum atomic E-state index is -0.201. The Bertz CT molecular complexity index is 292. The van der Waals surface area contributed by atoms with Crippen molar-refractivity contribution in [2.45, 2.75) is 18.3 Å². The van der Waals surface area contributed by atoms with E-state index < -0.39 is 0 Å². The van der Waals surface area contributed by atoms with Crippen LogP contribution in [0.4, 0.5) is 4.39 Å². The normalized spacial score (nSPS) is 18.6. The number of halogens is 1. The summed E-state index contributed by atoms with van der Waals surface area (Å²) in [5.41, 5.74) is 1.20. The summed E-state index contributed by atoms with van der Waals surface area (Å²) in [5, 5.41) is 0. The second-order valence-corrected chi connectivity index (χ2v) is 3.60. The van der Waals surface area contributed by atoms with E-state index in [-0.39, 0.29) is 11.2 Å². The predicted molar refractivity (Wildman–Crippen MR) is 47.5 cm³/mol. The van der Waals surface area contributed by atoms with Gasteiger partial charge >= 0.3 is 0 Å². The lowest BCUT2D eigenvalue weighted by atomic mass is 9.97. The second-order valence-electron chi connectivity index (χ2n) is 3.60. The zero-order chi connectivity index (χ0) is 9.31. The maximum atomic E-state index is 12.6. The van der Waals surface area contributed by atoms with Gasteiger partial charge in [0.1, 0.15) is 5.82 Å². The molecular formula is C10H12FNO. The van der Waals surface area contributed by atoms with E-state index in [2.05, 4.69) is 4.84 Å². The molecule has 0 spiro atoms. The Balaban J connectivity index is 2.20. The molecule has 0 aliphatic heterocycles. The Morgan fingerprint density at radius 1 is 1.31 bits per heavy atom. The van der Waals surface area contributed by atoms with E-state index in [0.717, 1.165) is 18.4 Å². The van der Waals surface area contributed by atoms with Crippen LogP contribution in [0.15, 0.2) is 24.3 Å². The highest BCUT2D eigenvalue weighted by Crippen LogP contribution is 2.48. The Hall–Kier alpha value is -0.930. The molecule has 70 valence electrons. The Morgan fingerprint density at radius 3 is 2.38 bits per heavy atom. The summed E-state index contributed by atoms with van der Waals surface area (Å²) in [6.45, 7) is 0.526. The number of hydrogen-bond donors (Lipinski definition) is 1. The van der Waals surface area contributed by atoms with Crippen LogP contribution in [-0.4, -0.2) is 6.61 Å². The van der Waals surface area contributed by atoms with E-state index >= 15 is 0 Å². The van der Waals surface area contributed by atoms with E-state index in [1.54, 1.807) is 12.1 Å². The minimum Gasteiger partial charge on any atom is -0.304 e. The summed E-state index contributed by atoms with van der Waals surface area (Å²) in [6, 6.07) is 6.57. The lowest BCUT2D eigenvalue weighted by Gasteiger charge is -2.13. The molecule has 1 fully saturated rings. The molecule has 3 heteroatoms. The molecule has 0 heterocycles. The van der Waals surface area contributed by atoms with Crippen molar-refractivity contribution in [3.05, 3.63) is 35.6 Å². The van der Waals surface area contributed by atoms with Crippen LogP contribution in [0.25, 0.3) is 0 Å². The molecule has 0 aromatic heterocycles. The zero-order valence-corrected chi connectivity index (χ0v) is 7.29. The molecule has 13 heavy (non-hydrogen) atoms. The highest BCUT2D eigenvalue weighted by atomic mass is 19.1. The average molecular weight is 181 g/mol. The average Bonchev–Trinajstić information content (AvgIpc) is 2.87. The van der Waals surface area contributed by atoms with Crippen molar-refractivity contribution in [1.82, 2.24) is 0 Å². The maximum absolute atomic E-state index is 12.6. The summed E-state index contributed by atoms with van der Waals surface area (Å²) >= 11 is 0. The van der Waals surface area contributed by atoms with Crippen LogP contribution in [0.5, 0.6) is 0 Å². The first-order chi connectivity index (χ1) is 6.27. The highest BCUT2D eigenvalue weighted by molar-refractivity contribution is 5.31. The van der Waals surface area contributed by atoms with Crippen molar-refractivity contribution >= 4 is 0 Å². The van der Waals surface area contributed by atoms with Crippen LogP contribution in [0.3, 0.4) is 0 Å². The first-order valence-electron chi connectivity index (χ1n) is 4.35. The molecule has 1 aliphatic rings. The maximum Gasteiger partial charge on any atom is 0.123 e. The largest absolute Gasteiger partial charge is 0.304 e. The van der Waals surface area contributed by atoms with E-state index in [1.807, 2.05) is 0 Å². The fourth-order valence-corrected chi connectivity index (χ4v) is 1.63. The van der Waals surface area contributed by atoms with Gasteiger partial charge in [0.25, 0.3) is 0 Å². The standard InChI is InChI=1S/C10H12FNO/c11-9-3-1-8(2-4-9)10(5-6-10)7-13-12/h1-4H,5-7,12H2. The molecule has 0 atom stereocenters. The molecule has 1 aromatic rings. The molecular weight excluding hydrogens is 169 g/mol. The summed E-state index contributed by atoms with van der Waals surface area (Å²) < 4.78 is 12.6. The second kappa shape index (κ2) is 3.09. The number of nitrogens with two attached hydrogens (primary N) is 1. The van der Waals surface area contributed by atoms with E-state index in [9.17, 15) is 4.39 Å². The van der Waals surface area contributed by atoms with Crippen LogP contribution in [0, 0.1) is 5.82 Å². The molecule has 1 aromatic carbocycles. The van der Waals surface area contributed by atoms with Crippen LogP contribution < -0.4 is 5.90 Å². The van der Waals surface area contributed by atoms with Crippen LogP contribution in [0.2, 0.25) is 0 Å². The third-order valence-electron chi connectivity index (χ3n) is 2.67. The summed E-state index contributed by atoms with van der Waals surface area (Å²) in [7, 11) is 0. The fourth-order valence-electron chi connectivity index (χ4n) is 1.63. The molecule has 0 saturated heterocycles. The van der Waals surface area contributed by atoms with Gasteiger partial charge in [-0.25, -0.2) is 10.3 Å². The fraction of sp³-hybridized carbons (Fsp3) is 0.400. The van der Waals surface area contributed by atoms with Gasteiger partial charge in [-0.2, -0.15) is 0 Å². The number of rotatable bonds is 3. The smallest absolute Gasteiger partial charge is 0.123 e. The first kappa shape index (κ1) is 8.66. The lowest BCUT2D eigenvalue weighted by molar-refractivity contribution is 0.116. The Morgan fingerprint density at radius 2 is 1.92 bits per heavy atom. The van der Waals surface area contributed by atoms with Crippen LogP contribution in [-0.2, 0) is 10.3 Å². The molecule has 0 bridgehead atoms. The molecule has 0 radical (unpaired) electrons. The molecule has 1 aliphatic carbocycles. The number of benzene rings is 1. The van der Waals surface area contributed by atoms with Gasteiger partial charge in [-0.3, -0.25) is 0 Å². The first-order valence-corrected chi connectivity index (χ1v) is 4.35. The van der Waals surface area contributed by atoms with Crippen molar-refractivity contribution in [2.24, 2.45) is 5.90 Å². The van der Waals surface area contributed by atoms with Gasteiger partial charge in [-0.05, 0) is 30.5 Å². The monoisotopic (exact) mass is 181 g/mol. The molecule has 2 rings (SSSR count). The van der Waals surface area contributed by atoms with Crippen LogP contribution >= 0.6 is 0 Å². The van der Waals surface area contributed by atoms with Gasteiger partial charge in [0, 0.05) is 5.41 Å². The van der Waals surface area contributed by atoms with Crippen LogP contribution in [0.1, 0.15) is 18.4 Å². The van der Waals surface area contributed by atoms with Gasteiger partial charge in [0.2, 0.25) is 0 Å². The van der Waals surface area contributed by atoms with E-state index in [1.165, 1.54) is 12.1 Å². The molecule has 1 saturated carbocycles. The zero-order valence-electron chi connectivity index (χ0n) is 7.29. The van der Waals surface area contributed by atoms with Crippen molar-refractivity contribution in [1.29, 1.82) is 0 Å². The summed E-state index contributed by atoms with van der Waals surface area (Å²) in [5.74, 6) is 4.85. The summed E-state index contributed by atoms with van der Waals surface area (Å²) in [4.78, 5) is 4.66.